The van der Waals surface area contributed by atoms with Crippen LogP contribution in [0.4, 0.5) is 0 Å². The van der Waals surface area contributed by atoms with Crippen molar-refractivity contribution >= 4 is 16.9 Å². The first-order chi connectivity index (χ1) is 16.1. The van der Waals surface area contributed by atoms with Crippen LogP contribution in [0, 0.1) is 6.92 Å². The first kappa shape index (κ1) is 22.6. The van der Waals surface area contributed by atoms with Crippen molar-refractivity contribution in [1.82, 2.24) is 14.9 Å². The van der Waals surface area contributed by atoms with Crippen LogP contribution in [-0.2, 0) is 17.8 Å². The van der Waals surface area contributed by atoms with E-state index in [0.717, 1.165) is 53.1 Å². The van der Waals surface area contributed by atoms with Gasteiger partial charge in [-0.3, -0.25) is 4.79 Å². The largest absolute Gasteiger partial charge is 0.493 e. The van der Waals surface area contributed by atoms with Gasteiger partial charge >= 0.3 is 0 Å². The maximum Gasteiger partial charge on any atom is 0.224 e. The zero-order chi connectivity index (χ0) is 23.0. The molecule has 0 aliphatic rings. The minimum atomic E-state index is -0.183. The number of hydrogen-bond acceptors (Lipinski definition) is 3. The fourth-order valence-corrected chi connectivity index (χ4v) is 4.07. The predicted octanol–water partition coefficient (Wildman–Crippen LogP) is 5.62. The molecule has 33 heavy (non-hydrogen) atoms. The number of fused-ring (bicyclic) bond motifs is 1. The van der Waals surface area contributed by atoms with E-state index in [1.54, 1.807) is 0 Å². The third-order valence-corrected chi connectivity index (χ3v) is 5.78. The molecule has 3 aromatic carbocycles. The quantitative estimate of drug-likeness (QED) is 0.325. The molecule has 1 amide bonds. The van der Waals surface area contributed by atoms with Crippen LogP contribution in [0.2, 0.25) is 0 Å². The normalized spacial score (nSPS) is 11.9. The molecule has 5 nitrogen and oxygen atoms in total. The molecule has 170 valence electrons. The molecule has 1 N–H and O–H groups in total. The van der Waals surface area contributed by atoms with Crippen molar-refractivity contribution in [1.29, 1.82) is 0 Å². The molecule has 1 aromatic heterocycles. The van der Waals surface area contributed by atoms with Crippen molar-refractivity contribution in [2.45, 2.75) is 45.7 Å². The van der Waals surface area contributed by atoms with E-state index in [-0.39, 0.29) is 11.9 Å². The lowest BCUT2D eigenvalue weighted by atomic mass is 10.1. The standard InChI is InChI=1S/C28H31N3O2/c1-21-12-6-9-17-26(21)33-19-11-10-18-31-25-16-8-7-15-24(25)30-28(31)22(2)29-27(32)20-23-13-4-3-5-14-23/h3-9,12-17,22H,10-11,18-20H2,1-2H3,(H,29,32). The molecule has 0 aliphatic carbocycles. The van der Waals surface area contributed by atoms with E-state index in [1.165, 1.54) is 0 Å². The number of nitrogens with one attached hydrogen (secondary N) is 1. The number of hydrogen-bond donors (Lipinski definition) is 1. The number of benzene rings is 3. The summed E-state index contributed by atoms with van der Waals surface area (Å²) in [6.07, 6.45) is 2.26. The first-order valence-corrected chi connectivity index (χ1v) is 11.6. The highest BCUT2D eigenvalue weighted by Gasteiger charge is 2.18. The molecular formula is C28H31N3O2. The summed E-state index contributed by atoms with van der Waals surface area (Å²) >= 11 is 0. The maximum absolute atomic E-state index is 12.6. The van der Waals surface area contributed by atoms with Gasteiger partial charge in [-0.05, 0) is 56.0 Å². The number of nitrogens with zero attached hydrogens (tertiary/aromatic N) is 2. The zero-order valence-corrected chi connectivity index (χ0v) is 19.3. The van der Waals surface area contributed by atoms with E-state index < -0.39 is 0 Å². The number of aromatic nitrogens is 2. The molecule has 0 spiro atoms. The number of carbonyl (C=O) groups is 1. The van der Waals surface area contributed by atoms with Gasteiger partial charge in [0.25, 0.3) is 0 Å². The Morgan fingerprint density at radius 1 is 0.970 bits per heavy atom. The molecule has 0 radical (unpaired) electrons. The lowest BCUT2D eigenvalue weighted by Gasteiger charge is -2.17. The Kier molecular flexibility index (Phi) is 7.40. The second-order valence-corrected chi connectivity index (χ2v) is 8.38. The van der Waals surface area contributed by atoms with Crippen LogP contribution in [0.25, 0.3) is 11.0 Å². The van der Waals surface area contributed by atoms with E-state index in [9.17, 15) is 4.79 Å². The van der Waals surface area contributed by atoms with Crippen LogP contribution in [0.1, 0.15) is 42.8 Å². The van der Waals surface area contributed by atoms with Crippen molar-refractivity contribution in [3.63, 3.8) is 0 Å². The Balaban J connectivity index is 1.39. The molecule has 1 unspecified atom stereocenters. The Morgan fingerprint density at radius 3 is 2.52 bits per heavy atom. The summed E-state index contributed by atoms with van der Waals surface area (Å²) in [7, 11) is 0. The number of carbonyl (C=O) groups excluding carboxylic acids is 1. The Bertz CT molecular complexity index is 1200. The van der Waals surface area contributed by atoms with Crippen LogP contribution >= 0.6 is 0 Å². The van der Waals surface area contributed by atoms with Gasteiger partial charge in [0, 0.05) is 6.54 Å². The number of imidazole rings is 1. The van der Waals surface area contributed by atoms with Gasteiger partial charge in [0.2, 0.25) is 5.91 Å². The monoisotopic (exact) mass is 441 g/mol. The van der Waals surface area contributed by atoms with Gasteiger partial charge in [-0.15, -0.1) is 0 Å². The number of para-hydroxylation sites is 3. The molecule has 4 aromatic rings. The van der Waals surface area contributed by atoms with E-state index in [0.29, 0.717) is 13.0 Å². The van der Waals surface area contributed by atoms with E-state index in [1.807, 2.05) is 73.7 Å². The zero-order valence-electron chi connectivity index (χ0n) is 19.3. The molecule has 0 fully saturated rings. The van der Waals surface area contributed by atoms with Crippen LogP contribution in [0.15, 0.2) is 78.9 Å². The summed E-state index contributed by atoms with van der Waals surface area (Å²) < 4.78 is 8.18. The fraction of sp³-hybridized carbons (Fsp3) is 0.286. The SMILES string of the molecule is Cc1ccccc1OCCCCn1c(C(C)NC(=O)Cc2ccccc2)nc2ccccc21. The first-order valence-electron chi connectivity index (χ1n) is 11.6. The minimum Gasteiger partial charge on any atom is -0.493 e. The maximum atomic E-state index is 12.6. The smallest absolute Gasteiger partial charge is 0.224 e. The van der Waals surface area contributed by atoms with Crippen LogP contribution < -0.4 is 10.1 Å². The lowest BCUT2D eigenvalue weighted by molar-refractivity contribution is -0.121. The summed E-state index contributed by atoms with van der Waals surface area (Å²) in [5.41, 5.74) is 4.20. The minimum absolute atomic E-state index is 0.000984. The van der Waals surface area contributed by atoms with E-state index >= 15 is 0 Å². The molecule has 1 heterocycles. The van der Waals surface area contributed by atoms with Crippen LogP contribution in [-0.4, -0.2) is 22.1 Å². The molecule has 4 rings (SSSR count). The Hall–Kier alpha value is -3.60. The second kappa shape index (κ2) is 10.8. The van der Waals surface area contributed by atoms with Gasteiger partial charge in [0.05, 0.1) is 30.1 Å². The van der Waals surface area contributed by atoms with Crippen LogP contribution in [0.3, 0.4) is 0 Å². The second-order valence-electron chi connectivity index (χ2n) is 8.38. The third kappa shape index (κ3) is 5.80. The van der Waals surface area contributed by atoms with Gasteiger partial charge in [-0.1, -0.05) is 60.7 Å². The number of ether oxygens (including phenoxy) is 1. The highest BCUT2D eigenvalue weighted by molar-refractivity contribution is 5.79. The Morgan fingerprint density at radius 2 is 1.70 bits per heavy atom. The van der Waals surface area contributed by atoms with Crippen molar-refractivity contribution in [2.75, 3.05) is 6.61 Å². The van der Waals surface area contributed by atoms with Crippen LogP contribution in [0.5, 0.6) is 5.75 Å². The molecule has 0 bridgehead atoms. The van der Waals surface area contributed by atoms with Crippen molar-refractivity contribution in [3.05, 3.63) is 95.8 Å². The van der Waals surface area contributed by atoms with Crippen molar-refractivity contribution < 1.29 is 9.53 Å². The summed E-state index contributed by atoms with van der Waals surface area (Å²) in [5.74, 6) is 1.83. The van der Waals surface area contributed by atoms with Gasteiger partial charge < -0.3 is 14.6 Å². The van der Waals surface area contributed by atoms with Gasteiger partial charge in [-0.2, -0.15) is 0 Å². The van der Waals surface area contributed by atoms with Crippen molar-refractivity contribution in [2.24, 2.45) is 0 Å². The fourth-order valence-electron chi connectivity index (χ4n) is 4.07. The van der Waals surface area contributed by atoms with Gasteiger partial charge in [0.15, 0.2) is 0 Å². The van der Waals surface area contributed by atoms with Gasteiger partial charge in [-0.25, -0.2) is 4.98 Å². The molecule has 1 atom stereocenters. The molecule has 0 aliphatic heterocycles. The van der Waals surface area contributed by atoms with Crippen molar-refractivity contribution in [3.8, 4) is 5.75 Å². The highest BCUT2D eigenvalue weighted by Crippen LogP contribution is 2.22. The number of unbranched alkanes of at least 4 members (excludes halogenated alkanes) is 1. The average Bonchev–Trinajstić information content (AvgIpc) is 3.19. The van der Waals surface area contributed by atoms with E-state index in [2.05, 4.69) is 28.9 Å². The number of rotatable bonds is 10. The number of aryl methyl sites for hydroxylation is 2. The summed E-state index contributed by atoms with van der Waals surface area (Å²) in [5, 5.41) is 3.13. The van der Waals surface area contributed by atoms with Gasteiger partial charge in [0.1, 0.15) is 11.6 Å². The number of amides is 1. The molecule has 5 heteroatoms. The van der Waals surface area contributed by atoms with E-state index in [4.69, 9.17) is 9.72 Å². The third-order valence-electron chi connectivity index (χ3n) is 5.78. The molecular weight excluding hydrogens is 410 g/mol. The Labute approximate surface area is 195 Å². The topological polar surface area (TPSA) is 56.1 Å². The summed E-state index contributed by atoms with van der Waals surface area (Å²) in [6.45, 7) is 5.57. The summed E-state index contributed by atoms with van der Waals surface area (Å²) in [4.78, 5) is 17.5. The average molecular weight is 442 g/mol. The molecule has 0 saturated carbocycles. The highest BCUT2D eigenvalue weighted by atomic mass is 16.5. The predicted molar refractivity (Wildman–Crippen MR) is 132 cm³/mol. The molecule has 0 saturated heterocycles. The summed E-state index contributed by atoms with van der Waals surface area (Å²) in [6, 6.07) is 25.9. The lowest BCUT2D eigenvalue weighted by Crippen LogP contribution is -2.30.